The Bertz CT molecular complexity index is 1240. The lowest BCUT2D eigenvalue weighted by molar-refractivity contribution is 0.129. The molecule has 0 aliphatic carbocycles. The average Bonchev–Trinajstić information content (AvgIpc) is 3.56. The summed E-state index contributed by atoms with van der Waals surface area (Å²) >= 11 is 0. The van der Waals surface area contributed by atoms with Crippen molar-refractivity contribution in [1.29, 1.82) is 0 Å². The second kappa shape index (κ2) is 8.23. The molecule has 1 amide bonds. The molecule has 164 valence electrons. The number of aliphatic hydroxyl groups is 1. The minimum atomic E-state index is -0.540. The summed E-state index contributed by atoms with van der Waals surface area (Å²) in [6.07, 6.45) is 5.88. The highest BCUT2D eigenvalue weighted by molar-refractivity contribution is 5.89. The van der Waals surface area contributed by atoms with Gasteiger partial charge < -0.3 is 18.9 Å². The standard InChI is InChI=1S/C20H18FN7O4/c21-16-9-14(28-12-15(31-20(28)30)11-27-7-5-22-25-27)1-2-17(16)26-6-3-13(10-26)19-23-18(4-8-29)32-24-19/h1-3,5-7,9-10,15,29H,4,8,11-12H2/t15-/m0/s1. The van der Waals surface area contributed by atoms with Crippen LogP contribution >= 0.6 is 0 Å². The number of amides is 1. The summed E-state index contributed by atoms with van der Waals surface area (Å²) in [4.78, 5) is 17.9. The molecule has 0 saturated carbocycles. The number of cyclic esters (lactones) is 1. The van der Waals surface area contributed by atoms with Gasteiger partial charge in [-0.3, -0.25) is 4.90 Å². The molecule has 1 aliphatic rings. The third-order valence-corrected chi connectivity index (χ3v) is 5.00. The largest absolute Gasteiger partial charge is 0.442 e. The fourth-order valence-corrected chi connectivity index (χ4v) is 3.49. The number of anilines is 1. The van der Waals surface area contributed by atoms with Gasteiger partial charge >= 0.3 is 6.09 Å². The fraction of sp³-hybridized carbons (Fsp3) is 0.250. The topological polar surface area (TPSA) is 124 Å². The molecule has 12 heteroatoms. The number of hydrogen-bond acceptors (Lipinski definition) is 8. The zero-order valence-corrected chi connectivity index (χ0v) is 16.7. The van der Waals surface area contributed by atoms with Gasteiger partial charge in [-0.25, -0.2) is 13.9 Å². The lowest BCUT2D eigenvalue weighted by atomic mass is 10.2. The van der Waals surface area contributed by atoms with Crippen LogP contribution in [0.4, 0.5) is 14.9 Å². The number of nitrogens with zero attached hydrogens (tertiary/aromatic N) is 7. The maximum atomic E-state index is 14.9. The van der Waals surface area contributed by atoms with Crippen molar-refractivity contribution in [3.8, 4) is 17.1 Å². The van der Waals surface area contributed by atoms with Crippen molar-refractivity contribution < 1.29 is 23.6 Å². The van der Waals surface area contributed by atoms with Gasteiger partial charge in [0.05, 0.1) is 43.7 Å². The van der Waals surface area contributed by atoms with E-state index in [9.17, 15) is 9.18 Å². The Kier molecular flexibility index (Phi) is 5.11. The van der Waals surface area contributed by atoms with Gasteiger partial charge in [0.25, 0.3) is 0 Å². The predicted octanol–water partition coefficient (Wildman–Crippen LogP) is 1.82. The van der Waals surface area contributed by atoms with Crippen LogP contribution in [0.3, 0.4) is 0 Å². The SMILES string of the molecule is O=C1O[C@@H](Cn2ccnn2)CN1c1ccc(-n2ccc(-c3noc(CCO)n3)c2)c(F)c1. The van der Waals surface area contributed by atoms with Crippen LogP contribution in [0.15, 0.2) is 53.6 Å². The van der Waals surface area contributed by atoms with Crippen LogP contribution in [0.5, 0.6) is 0 Å². The average molecular weight is 439 g/mol. The highest BCUT2D eigenvalue weighted by Crippen LogP contribution is 2.27. The van der Waals surface area contributed by atoms with Gasteiger partial charge in [0.15, 0.2) is 0 Å². The minimum Gasteiger partial charge on any atom is -0.442 e. The fourth-order valence-electron chi connectivity index (χ4n) is 3.49. The number of carbonyl (C=O) groups is 1. The van der Waals surface area contributed by atoms with Crippen molar-refractivity contribution in [2.24, 2.45) is 0 Å². The molecule has 0 unspecified atom stereocenters. The first-order chi connectivity index (χ1) is 15.6. The molecule has 1 N–H and O–H groups in total. The number of hydrogen-bond donors (Lipinski definition) is 1. The molecule has 32 heavy (non-hydrogen) atoms. The van der Waals surface area contributed by atoms with Crippen molar-refractivity contribution in [3.63, 3.8) is 0 Å². The lowest BCUT2D eigenvalue weighted by Crippen LogP contribution is -2.26. The summed E-state index contributed by atoms with van der Waals surface area (Å²) in [5.74, 6) is 0.166. The first-order valence-corrected chi connectivity index (χ1v) is 9.84. The van der Waals surface area contributed by atoms with Crippen LogP contribution < -0.4 is 4.90 Å². The van der Waals surface area contributed by atoms with E-state index in [0.29, 0.717) is 35.2 Å². The normalized spacial score (nSPS) is 16.0. The van der Waals surface area contributed by atoms with Gasteiger partial charge in [0, 0.05) is 24.2 Å². The Morgan fingerprint density at radius 3 is 2.94 bits per heavy atom. The Morgan fingerprint density at radius 1 is 1.25 bits per heavy atom. The van der Waals surface area contributed by atoms with Crippen LogP contribution in [-0.4, -0.2) is 60.2 Å². The molecule has 0 bridgehead atoms. The Hall–Kier alpha value is -4.06. The van der Waals surface area contributed by atoms with Gasteiger partial charge in [-0.15, -0.1) is 5.10 Å². The van der Waals surface area contributed by atoms with Crippen molar-refractivity contribution in [2.45, 2.75) is 19.1 Å². The first-order valence-electron chi connectivity index (χ1n) is 9.84. The quantitative estimate of drug-likeness (QED) is 0.462. The maximum absolute atomic E-state index is 14.9. The molecule has 1 atom stereocenters. The van der Waals surface area contributed by atoms with Crippen LogP contribution in [-0.2, 0) is 17.7 Å². The van der Waals surface area contributed by atoms with Gasteiger partial charge in [-0.1, -0.05) is 10.4 Å². The smallest absolute Gasteiger partial charge is 0.414 e. The summed E-state index contributed by atoms with van der Waals surface area (Å²) in [5, 5.41) is 20.4. The van der Waals surface area contributed by atoms with E-state index in [4.69, 9.17) is 14.4 Å². The number of rotatable bonds is 7. The minimum absolute atomic E-state index is 0.0913. The van der Waals surface area contributed by atoms with Crippen LogP contribution in [0.1, 0.15) is 5.89 Å². The summed E-state index contributed by atoms with van der Waals surface area (Å²) in [5.41, 5.74) is 1.34. The third-order valence-electron chi connectivity index (χ3n) is 5.00. The highest BCUT2D eigenvalue weighted by atomic mass is 19.1. The highest BCUT2D eigenvalue weighted by Gasteiger charge is 2.33. The molecule has 11 nitrogen and oxygen atoms in total. The Morgan fingerprint density at radius 2 is 2.16 bits per heavy atom. The van der Waals surface area contributed by atoms with E-state index in [1.54, 1.807) is 52.2 Å². The van der Waals surface area contributed by atoms with Crippen LogP contribution in [0.2, 0.25) is 0 Å². The summed E-state index contributed by atoms with van der Waals surface area (Å²) in [6.45, 7) is 0.552. The van der Waals surface area contributed by atoms with Crippen molar-refractivity contribution >= 4 is 11.8 Å². The number of carbonyl (C=O) groups excluding carboxylic acids is 1. The van der Waals surface area contributed by atoms with E-state index in [-0.39, 0.29) is 19.6 Å². The molecule has 0 radical (unpaired) electrons. The lowest BCUT2D eigenvalue weighted by Gasteiger charge is -2.14. The molecular weight excluding hydrogens is 421 g/mol. The number of benzene rings is 1. The Labute approximate surface area is 180 Å². The summed E-state index contributed by atoms with van der Waals surface area (Å²) in [7, 11) is 0. The second-order valence-electron chi connectivity index (χ2n) is 7.17. The molecule has 1 saturated heterocycles. The number of halogens is 1. The molecule has 1 aromatic carbocycles. The Balaban J connectivity index is 1.32. The number of aromatic nitrogens is 6. The first kappa shape index (κ1) is 19.9. The van der Waals surface area contributed by atoms with E-state index in [1.807, 2.05) is 0 Å². The van der Waals surface area contributed by atoms with Gasteiger partial charge in [0.2, 0.25) is 11.7 Å². The summed E-state index contributed by atoms with van der Waals surface area (Å²) < 4.78 is 28.5. The third kappa shape index (κ3) is 3.83. The zero-order valence-electron chi connectivity index (χ0n) is 16.7. The van der Waals surface area contributed by atoms with Gasteiger partial charge in [-0.05, 0) is 24.3 Å². The van der Waals surface area contributed by atoms with E-state index < -0.39 is 18.0 Å². The molecular formula is C20H18FN7O4. The maximum Gasteiger partial charge on any atom is 0.414 e. The molecule has 4 heterocycles. The predicted molar refractivity (Wildman–Crippen MR) is 107 cm³/mol. The van der Waals surface area contributed by atoms with Crippen molar-refractivity contribution in [3.05, 3.63) is 60.8 Å². The molecule has 5 rings (SSSR count). The van der Waals surface area contributed by atoms with Crippen molar-refractivity contribution in [2.75, 3.05) is 18.1 Å². The van der Waals surface area contributed by atoms with Crippen molar-refractivity contribution in [1.82, 2.24) is 29.7 Å². The van der Waals surface area contributed by atoms with E-state index in [1.165, 1.54) is 11.0 Å². The second-order valence-corrected chi connectivity index (χ2v) is 7.17. The van der Waals surface area contributed by atoms with E-state index in [2.05, 4.69) is 20.5 Å². The molecule has 1 fully saturated rings. The molecule has 3 aromatic heterocycles. The molecule has 1 aliphatic heterocycles. The van der Waals surface area contributed by atoms with Gasteiger partial charge in [-0.2, -0.15) is 4.98 Å². The molecule has 0 spiro atoms. The molecule has 4 aromatic rings. The zero-order chi connectivity index (χ0) is 22.1. The monoisotopic (exact) mass is 439 g/mol. The summed E-state index contributed by atoms with van der Waals surface area (Å²) in [6, 6.07) is 6.26. The number of ether oxygens (including phenoxy) is 1. The van der Waals surface area contributed by atoms with E-state index >= 15 is 0 Å². The van der Waals surface area contributed by atoms with E-state index in [0.717, 1.165) is 0 Å². The number of aliphatic hydroxyl groups excluding tert-OH is 1. The van der Waals surface area contributed by atoms with Crippen LogP contribution in [0, 0.1) is 5.82 Å². The van der Waals surface area contributed by atoms with Crippen LogP contribution in [0.25, 0.3) is 17.1 Å². The van der Waals surface area contributed by atoms with Gasteiger partial charge in [0.1, 0.15) is 11.9 Å².